The van der Waals surface area contributed by atoms with Gasteiger partial charge in [0.15, 0.2) is 0 Å². The predicted molar refractivity (Wildman–Crippen MR) is 52.0 cm³/mol. The monoisotopic (exact) mass is 202 g/mol. The molecule has 2 aliphatic rings. The summed E-state index contributed by atoms with van der Waals surface area (Å²) < 4.78 is 0. The standard InChI is InChI=1S/C9H15ClN2O/c10-5-6-12-8(13)11-7-9(12)3-1-2-4-9/h1-7H2,(H,11,13). The summed E-state index contributed by atoms with van der Waals surface area (Å²) in [5, 5.41) is 2.92. The van der Waals surface area contributed by atoms with Gasteiger partial charge < -0.3 is 10.2 Å². The average molecular weight is 203 g/mol. The van der Waals surface area contributed by atoms with Gasteiger partial charge in [-0.1, -0.05) is 12.8 Å². The molecule has 4 heteroatoms. The lowest BCUT2D eigenvalue weighted by Crippen LogP contribution is -2.45. The summed E-state index contributed by atoms with van der Waals surface area (Å²) in [6.07, 6.45) is 4.77. The molecular formula is C9H15ClN2O. The summed E-state index contributed by atoms with van der Waals surface area (Å²) in [4.78, 5) is 13.4. The number of carbonyl (C=O) groups excluding carboxylic acids is 1. The van der Waals surface area contributed by atoms with E-state index in [0.717, 1.165) is 19.4 Å². The van der Waals surface area contributed by atoms with Crippen LogP contribution in [0.15, 0.2) is 0 Å². The molecule has 0 bridgehead atoms. The van der Waals surface area contributed by atoms with E-state index >= 15 is 0 Å². The van der Waals surface area contributed by atoms with Crippen molar-refractivity contribution in [1.29, 1.82) is 0 Å². The van der Waals surface area contributed by atoms with Crippen LogP contribution >= 0.6 is 11.6 Å². The molecular weight excluding hydrogens is 188 g/mol. The van der Waals surface area contributed by atoms with E-state index in [2.05, 4.69) is 5.32 Å². The lowest BCUT2D eigenvalue weighted by molar-refractivity contribution is 0.165. The van der Waals surface area contributed by atoms with Gasteiger partial charge in [0, 0.05) is 19.0 Å². The van der Waals surface area contributed by atoms with Crippen molar-refractivity contribution in [2.75, 3.05) is 19.0 Å². The fraction of sp³-hybridized carbons (Fsp3) is 0.889. The lowest BCUT2D eigenvalue weighted by Gasteiger charge is -2.32. The Morgan fingerprint density at radius 2 is 2.15 bits per heavy atom. The second-order valence-corrected chi connectivity index (χ2v) is 4.31. The van der Waals surface area contributed by atoms with Crippen molar-refractivity contribution in [1.82, 2.24) is 10.2 Å². The summed E-state index contributed by atoms with van der Waals surface area (Å²) in [5.41, 5.74) is 0.117. The van der Waals surface area contributed by atoms with Gasteiger partial charge in [0.25, 0.3) is 0 Å². The van der Waals surface area contributed by atoms with E-state index in [4.69, 9.17) is 11.6 Å². The smallest absolute Gasteiger partial charge is 0.318 e. The zero-order chi connectivity index (χ0) is 9.31. The van der Waals surface area contributed by atoms with E-state index in [9.17, 15) is 4.79 Å². The Bertz CT molecular complexity index is 214. The minimum atomic E-state index is 0.0718. The van der Waals surface area contributed by atoms with Crippen LogP contribution in [-0.2, 0) is 0 Å². The fourth-order valence-corrected chi connectivity index (χ4v) is 2.72. The van der Waals surface area contributed by atoms with E-state index in [1.807, 2.05) is 4.90 Å². The fourth-order valence-electron chi connectivity index (χ4n) is 2.55. The molecule has 13 heavy (non-hydrogen) atoms. The SMILES string of the molecule is O=C1NCC2(CCCC2)N1CCCl. The van der Waals surface area contributed by atoms with Crippen molar-refractivity contribution in [2.45, 2.75) is 31.2 Å². The first-order chi connectivity index (χ1) is 6.28. The number of rotatable bonds is 2. The van der Waals surface area contributed by atoms with E-state index in [1.165, 1.54) is 12.8 Å². The maximum absolute atomic E-state index is 11.5. The Kier molecular flexibility index (Phi) is 2.37. The second-order valence-electron chi connectivity index (χ2n) is 3.93. The summed E-state index contributed by atoms with van der Waals surface area (Å²) in [6.45, 7) is 1.51. The topological polar surface area (TPSA) is 32.3 Å². The molecule has 0 radical (unpaired) electrons. The van der Waals surface area contributed by atoms with Crippen LogP contribution in [-0.4, -0.2) is 35.4 Å². The van der Waals surface area contributed by atoms with Gasteiger partial charge in [0.2, 0.25) is 0 Å². The molecule has 1 N–H and O–H groups in total. The molecule has 2 rings (SSSR count). The van der Waals surface area contributed by atoms with Gasteiger partial charge in [-0.25, -0.2) is 4.79 Å². The molecule has 1 spiro atoms. The molecule has 0 aromatic carbocycles. The second kappa shape index (κ2) is 3.37. The quantitative estimate of drug-likeness (QED) is 0.678. The molecule has 3 nitrogen and oxygen atoms in total. The van der Waals surface area contributed by atoms with Gasteiger partial charge in [-0.3, -0.25) is 0 Å². The molecule has 1 aliphatic heterocycles. The number of hydrogen-bond acceptors (Lipinski definition) is 1. The molecule has 1 heterocycles. The maximum Gasteiger partial charge on any atom is 0.318 e. The number of carbonyl (C=O) groups is 1. The average Bonchev–Trinajstić information content (AvgIpc) is 2.69. The maximum atomic E-state index is 11.5. The van der Waals surface area contributed by atoms with Gasteiger partial charge >= 0.3 is 6.03 Å². The van der Waals surface area contributed by atoms with Gasteiger partial charge in [-0.05, 0) is 12.8 Å². The van der Waals surface area contributed by atoms with Crippen molar-refractivity contribution >= 4 is 17.6 Å². The summed E-state index contributed by atoms with van der Waals surface area (Å²) in [5.74, 6) is 0.537. The van der Waals surface area contributed by atoms with Gasteiger partial charge in [-0.15, -0.1) is 11.6 Å². The molecule has 0 aromatic heterocycles. The first-order valence-corrected chi connectivity index (χ1v) is 5.43. The Morgan fingerprint density at radius 3 is 2.77 bits per heavy atom. The third-order valence-electron chi connectivity index (χ3n) is 3.23. The molecule has 2 fully saturated rings. The normalized spacial score (nSPS) is 25.6. The number of hydrogen-bond donors (Lipinski definition) is 1. The van der Waals surface area contributed by atoms with Crippen molar-refractivity contribution in [2.24, 2.45) is 0 Å². The number of halogens is 1. The Labute approximate surface area is 83.4 Å². The van der Waals surface area contributed by atoms with Gasteiger partial charge in [-0.2, -0.15) is 0 Å². The molecule has 1 aliphatic carbocycles. The number of amides is 2. The first-order valence-electron chi connectivity index (χ1n) is 4.90. The zero-order valence-corrected chi connectivity index (χ0v) is 8.44. The highest BCUT2D eigenvalue weighted by molar-refractivity contribution is 6.18. The Hall–Kier alpha value is -0.440. The van der Waals surface area contributed by atoms with Crippen molar-refractivity contribution in [3.63, 3.8) is 0 Å². The van der Waals surface area contributed by atoms with E-state index in [0.29, 0.717) is 12.4 Å². The van der Waals surface area contributed by atoms with E-state index in [-0.39, 0.29) is 11.6 Å². The lowest BCUT2D eigenvalue weighted by atomic mass is 9.97. The number of nitrogens with zero attached hydrogens (tertiary/aromatic N) is 1. The summed E-state index contributed by atoms with van der Waals surface area (Å²) in [6, 6.07) is 0.0718. The van der Waals surface area contributed by atoms with Crippen LogP contribution in [0.1, 0.15) is 25.7 Å². The highest BCUT2D eigenvalue weighted by atomic mass is 35.5. The van der Waals surface area contributed by atoms with Crippen LogP contribution in [0.25, 0.3) is 0 Å². The highest BCUT2D eigenvalue weighted by Gasteiger charge is 2.46. The number of urea groups is 1. The zero-order valence-electron chi connectivity index (χ0n) is 7.68. The molecule has 74 valence electrons. The number of nitrogens with one attached hydrogen (secondary N) is 1. The highest BCUT2D eigenvalue weighted by Crippen LogP contribution is 2.37. The summed E-state index contributed by atoms with van der Waals surface area (Å²) >= 11 is 5.69. The van der Waals surface area contributed by atoms with E-state index in [1.54, 1.807) is 0 Å². The van der Waals surface area contributed by atoms with Crippen LogP contribution < -0.4 is 5.32 Å². The van der Waals surface area contributed by atoms with Crippen molar-refractivity contribution in [3.8, 4) is 0 Å². The molecule has 0 atom stereocenters. The van der Waals surface area contributed by atoms with Crippen LogP contribution in [0.3, 0.4) is 0 Å². The molecule has 1 saturated heterocycles. The predicted octanol–water partition coefficient (Wildman–Crippen LogP) is 1.56. The minimum Gasteiger partial charge on any atom is -0.336 e. The van der Waals surface area contributed by atoms with Crippen LogP contribution in [0, 0.1) is 0 Å². The minimum absolute atomic E-state index is 0.0718. The number of alkyl halides is 1. The van der Waals surface area contributed by atoms with Gasteiger partial charge in [0.1, 0.15) is 0 Å². The molecule has 0 aromatic rings. The summed E-state index contributed by atoms with van der Waals surface area (Å²) in [7, 11) is 0. The molecule has 1 saturated carbocycles. The Balaban J connectivity index is 2.13. The van der Waals surface area contributed by atoms with E-state index < -0.39 is 0 Å². The molecule has 0 unspecified atom stereocenters. The van der Waals surface area contributed by atoms with Crippen LogP contribution in [0.5, 0.6) is 0 Å². The molecule has 2 amide bonds. The van der Waals surface area contributed by atoms with Crippen molar-refractivity contribution < 1.29 is 4.79 Å². The van der Waals surface area contributed by atoms with Gasteiger partial charge in [0.05, 0.1) is 5.54 Å². The van der Waals surface area contributed by atoms with Crippen LogP contribution in [0.2, 0.25) is 0 Å². The first kappa shape index (κ1) is 9.13. The largest absolute Gasteiger partial charge is 0.336 e. The van der Waals surface area contributed by atoms with Crippen molar-refractivity contribution in [3.05, 3.63) is 0 Å². The Morgan fingerprint density at radius 1 is 1.46 bits per heavy atom. The third kappa shape index (κ3) is 1.39. The van der Waals surface area contributed by atoms with Crippen LogP contribution in [0.4, 0.5) is 4.79 Å². The third-order valence-corrected chi connectivity index (χ3v) is 3.40.